The van der Waals surface area contributed by atoms with E-state index in [9.17, 15) is 4.79 Å². The number of carbonyl (C=O) groups is 1. The Labute approximate surface area is 148 Å². The van der Waals surface area contributed by atoms with E-state index in [1.54, 1.807) is 11.3 Å². The molecule has 128 valence electrons. The molecule has 0 atom stereocenters. The lowest BCUT2D eigenvalue weighted by Gasteiger charge is -2.34. The van der Waals surface area contributed by atoms with Crippen LogP contribution in [-0.4, -0.2) is 55.5 Å². The predicted molar refractivity (Wildman–Crippen MR) is 101 cm³/mol. The highest BCUT2D eigenvalue weighted by atomic mass is 32.1. The summed E-state index contributed by atoms with van der Waals surface area (Å²) in [6, 6.07) is 12.2. The smallest absolute Gasteiger partial charge is 0.253 e. The molecule has 1 saturated heterocycles. The van der Waals surface area contributed by atoms with E-state index < -0.39 is 0 Å². The van der Waals surface area contributed by atoms with Gasteiger partial charge in [-0.2, -0.15) is 0 Å². The fourth-order valence-electron chi connectivity index (χ4n) is 2.96. The molecule has 1 amide bonds. The largest absolute Gasteiger partial charge is 0.375 e. The maximum atomic E-state index is 12.7. The first-order chi connectivity index (χ1) is 11.7. The molecule has 0 N–H and O–H groups in total. The normalized spacial score (nSPS) is 15.5. The molecule has 0 bridgehead atoms. The number of hydrogen-bond acceptors (Lipinski definition) is 4. The summed E-state index contributed by atoms with van der Waals surface area (Å²) in [4.78, 5) is 20.6. The van der Waals surface area contributed by atoms with Crippen molar-refractivity contribution < 1.29 is 4.79 Å². The molecule has 0 unspecified atom stereocenters. The average molecular weight is 343 g/mol. The van der Waals surface area contributed by atoms with Gasteiger partial charge in [-0.3, -0.25) is 9.69 Å². The van der Waals surface area contributed by atoms with Gasteiger partial charge in [0.1, 0.15) is 0 Å². The zero-order valence-corrected chi connectivity index (χ0v) is 15.3. The van der Waals surface area contributed by atoms with Crippen molar-refractivity contribution in [1.82, 2.24) is 9.80 Å². The third kappa shape index (κ3) is 3.97. The Morgan fingerprint density at radius 1 is 1.12 bits per heavy atom. The molecule has 1 aliphatic rings. The lowest BCUT2D eigenvalue weighted by molar-refractivity contribution is 0.0629. The van der Waals surface area contributed by atoms with Crippen LogP contribution in [0.4, 0.5) is 5.69 Å². The molecule has 0 spiro atoms. The number of anilines is 1. The number of hydrogen-bond donors (Lipinski definition) is 0. The van der Waals surface area contributed by atoms with Gasteiger partial charge in [0.15, 0.2) is 0 Å². The summed E-state index contributed by atoms with van der Waals surface area (Å²) in [6.07, 6.45) is 0. The van der Waals surface area contributed by atoms with Crippen LogP contribution in [-0.2, 0) is 6.54 Å². The fraction of sp³-hybridized carbons (Fsp3) is 0.421. The van der Waals surface area contributed by atoms with Gasteiger partial charge in [0.2, 0.25) is 0 Å². The Hall–Kier alpha value is -1.85. The van der Waals surface area contributed by atoms with Crippen molar-refractivity contribution in [2.75, 3.05) is 44.7 Å². The molecule has 2 heterocycles. The Bertz CT molecular complexity index is 646. The zero-order chi connectivity index (χ0) is 16.9. The Morgan fingerprint density at radius 2 is 1.83 bits per heavy atom. The van der Waals surface area contributed by atoms with E-state index in [-0.39, 0.29) is 5.91 Å². The lowest BCUT2D eigenvalue weighted by Crippen LogP contribution is -2.48. The lowest BCUT2D eigenvalue weighted by atomic mass is 10.1. The van der Waals surface area contributed by atoms with Crippen LogP contribution in [0.5, 0.6) is 0 Å². The standard InChI is InChI=1S/C19H25N3OS/c1-3-20(2)17-8-6-16(7-9-17)19(23)22-12-10-21(11-13-22)15-18-5-4-14-24-18/h4-9,14H,3,10-13,15H2,1-2H3. The van der Waals surface area contributed by atoms with Crippen LogP contribution in [0.2, 0.25) is 0 Å². The number of rotatable bonds is 5. The van der Waals surface area contributed by atoms with Gasteiger partial charge in [-0.05, 0) is 42.6 Å². The quantitative estimate of drug-likeness (QED) is 0.834. The number of thiophene rings is 1. The van der Waals surface area contributed by atoms with Gasteiger partial charge in [-0.15, -0.1) is 11.3 Å². The van der Waals surface area contributed by atoms with Crippen molar-refractivity contribution in [2.45, 2.75) is 13.5 Å². The molecule has 5 heteroatoms. The number of benzene rings is 1. The summed E-state index contributed by atoms with van der Waals surface area (Å²) in [5.41, 5.74) is 1.93. The van der Waals surface area contributed by atoms with Crippen LogP contribution in [0, 0.1) is 0 Å². The summed E-state index contributed by atoms with van der Waals surface area (Å²) >= 11 is 1.80. The second kappa shape index (κ2) is 7.81. The van der Waals surface area contributed by atoms with Crippen molar-refractivity contribution in [3.05, 3.63) is 52.2 Å². The monoisotopic (exact) mass is 343 g/mol. The van der Waals surface area contributed by atoms with E-state index in [0.29, 0.717) is 0 Å². The zero-order valence-electron chi connectivity index (χ0n) is 14.4. The van der Waals surface area contributed by atoms with Crippen LogP contribution in [0.1, 0.15) is 22.2 Å². The van der Waals surface area contributed by atoms with E-state index >= 15 is 0 Å². The summed E-state index contributed by atoms with van der Waals surface area (Å²) in [6.45, 7) is 7.58. The van der Waals surface area contributed by atoms with Gasteiger partial charge in [-0.1, -0.05) is 6.07 Å². The van der Waals surface area contributed by atoms with Crippen molar-refractivity contribution >= 4 is 22.9 Å². The van der Waals surface area contributed by atoms with E-state index in [1.807, 2.05) is 29.2 Å². The molecular formula is C19H25N3OS. The Balaban J connectivity index is 1.55. The molecule has 0 aliphatic carbocycles. The number of amides is 1. The summed E-state index contributed by atoms with van der Waals surface area (Å²) < 4.78 is 0. The topological polar surface area (TPSA) is 26.8 Å². The third-order valence-corrected chi connectivity index (χ3v) is 5.51. The maximum absolute atomic E-state index is 12.7. The molecule has 4 nitrogen and oxygen atoms in total. The van der Waals surface area contributed by atoms with Crippen LogP contribution in [0.15, 0.2) is 41.8 Å². The first kappa shape index (κ1) is 17.0. The molecule has 0 radical (unpaired) electrons. The van der Waals surface area contributed by atoms with Gasteiger partial charge < -0.3 is 9.80 Å². The summed E-state index contributed by atoms with van der Waals surface area (Å²) in [5, 5.41) is 2.12. The van der Waals surface area contributed by atoms with Crippen molar-refractivity contribution in [3.63, 3.8) is 0 Å². The highest BCUT2D eigenvalue weighted by molar-refractivity contribution is 7.09. The van der Waals surface area contributed by atoms with Crippen LogP contribution >= 0.6 is 11.3 Å². The molecule has 2 aromatic rings. The van der Waals surface area contributed by atoms with Crippen molar-refractivity contribution in [2.24, 2.45) is 0 Å². The van der Waals surface area contributed by atoms with Gasteiger partial charge in [-0.25, -0.2) is 0 Å². The summed E-state index contributed by atoms with van der Waals surface area (Å²) in [5.74, 6) is 0.150. The second-order valence-electron chi connectivity index (χ2n) is 6.21. The molecule has 3 rings (SSSR count). The average Bonchev–Trinajstić information content (AvgIpc) is 3.14. The van der Waals surface area contributed by atoms with Crippen LogP contribution < -0.4 is 4.90 Å². The minimum absolute atomic E-state index is 0.150. The third-order valence-electron chi connectivity index (χ3n) is 4.65. The minimum Gasteiger partial charge on any atom is -0.375 e. The molecular weight excluding hydrogens is 318 g/mol. The van der Waals surface area contributed by atoms with Gasteiger partial charge in [0.25, 0.3) is 5.91 Å². The summed E-state index contributed by atoms with van der Waals surface area (Å²) in [7, 11) is 2.06. The second-order valence-corrected chi connectivity index (χ2v) is 7.24. The molecule has 1 aliphatic heterocycles. The highest BCUT2D eigenvalue weighted by Crippen LogP contribution is 2.17. The van der Waals surface area contributed by atoms with Crippen molar-refractivity contribution in [1.29, 1.82) is 0 Å². The maximum Gasteiger partial charge on any atom is 0.253 e. The van der Waals surface area contributed by atoms with Crippen molar-refractivity contribution in [3.8, 4) is 0 Å². The van der Waals surface area contributed by atoms with E-state index in [1.165, 1.54) is 4.88 Å². The van der Waals surface area contributed by atoms with Gasteiger partial charge >= 0.3 is 0 Å². The van der Waals surface area contributed by atoms with E-state index in [2.05, 4.69) is 41.3 Å². The van der Waals surface area contributed by atoms with Gasteiger partial charge in [0.05, 0.1) is 0 Å². The number of carbonyl (C=O) groups excluding carboxylic acids is 1. The van der Waals surface area contributed by atoms with Gasteiger partial charge in [0, 0.05) is 62.4 Å². The fourth-order valence-corrected chi connectivity index (χ4v) is 3.70. The molecule has 1 fully saturated rings. The molecule has 0 saturated carbocycles. The number of piperazine rings is 1. The predicted octanol–water partition coefficient (Wildman–Crippen LogP) is 3.16. The SMILES string of the molecule is CCN(C)c1ccc(C(=O)N2CCN(Cc3cccs3)CC2)cc1. The number of nitrogens with zero attached hydrogens (tertiary/aromatic N) is 3. The molecule has 1 aromatic carbocycles. The van der Waals surface area contributed by atoms with E-state index in [4.69, 9.17) is 0 Å². The molecule has 1 aromatic heterocycles. The first-order valence-corrected chi connectivity index (χ1v) is 9.40. The van der Waals surface area contributed by atoms with Crippen LogP contribution in [0.3, 0.4) is 0 Å². The first-order valence-electron chi connectivity index (χ1n) is 8.52. The Kier molecular flexibility index (Phi) is 5.53. The Morgan fingerprint density at radius 3 is 2.42 bits per heavy atom. The molecule has 24 heavy (non-hydrogen) atoms. The van der Waals surface area contributed by atoms with Crippen LogP contribution in [0.25, 0.3) is 0 Å². The highest BCUT2D eigenvalue weighted by Gasteiger charge is 2.22. The minimum atomic E-state index is 0.150. The van der Waals surface area contributed by atoms with E-state index in [0.717, 1.165) is 50.5 Å².